The highest BCUT2D eigenvalue weighted by Gasteiger charge is 2.15. The first-order valence-electron chi connectivity index (χ1n) is 10.2. The largest absolute Gasteiger partial charge is 0.494 e. The third-order valence-corrected chi connectivity index (χ3v) is 5.48. The van der Waals surface area contributed by atoms with Crippen LogP contribution in [0.1, 0.15) is 70.8 Å². The Kier molecular flexibility index (Phi) is 6.55. The molecule has 3 rings (SSSR count). The molecule has 0 radical (unpaired) electrons. The second-order valence-corrected chi connectivity index (χ2v) is 7.38. The number of benzene rings is 2. The highest BCUT2D eigenvalue weighted by atomic mass is 16.5. The zero-order chi connectivity index (χ0) is 17.5. The number of ether oxygens (including phenoxy) is 1. The Morgan fingerprint density at radius 1 is 0.960 bits per heavy atom. The van der Waals surface area contributed by atoms with Crippen LogP contribution in [0.2, 0.25) is 0 Å². The van der Waals surface area contributed by atoms with Crippen molar-refractivity contribution in [3.05, 3.63) is 48.0 Å². The molecule has 1 heteroatoms. The molecule has 1 nitrogen and oxygen atoms in total. The predicted molar refractivity (Wildman–Crippen MR) is 109 cm³/mol. The summed E-state index contributed by atoms with van der Waals surface area (Å²) in [4.78, 5) is 0. The summed E-state index contributed by atoms with van der Waals surface area (Å²) in [7, 11) is 0. The number of allylic oxidation sites excluding steroid dienone is 2. The van der Waals surface area contributed by atoms with E-state index in [0.717, 1.165) is 18.3 Å². The molecule has 1 unspecified atom stereocenters. The van der Waals surface area contributed by atoms with Crippen LogP contribution < -0.4 is 4.74 Å². The van der Waals surface area contributed by atoms with Gasteiger partial charge in [0.15, 0.2) is 0 Å². The number of rotatable bonds is 8. The fourth-order valence-electron chi connectivity index (χ4n) is 3.95. The summed E-state index contributed by atoms with van der Waals surface area (Å²) in [5.41, 5.74) is 2.95. The Bertz CT molecular complexity index is 713. The maximum Gasteiger partial charge on any atom is 0.119 e. The van der Waals surface area contributed by atoms with Gasteiger partial charge in [0.05, 0.1) is 6.61 Å². The van der Waals surface area contributed by atoms with Crippen molar-refractivity contribution in [3.8, 4) is 5.75 Å². The van der Waals surface area contributed by atoms with Crippen LogP contribution >= 0.6 is 0 Å². The Balaban J connectivity index is 1.64. The van der Waals surface area contributed by atoms with E-state index in [1.165, 1.54) is 67.7 Å². The van der Waals surface area contributed by atoms with E-state index in [1.807, 2.05) is 6.92 Å². The van der Waals surface area contributed by atoms with Gasteiger partial charge in [-0.1, -0.05) is 63.3 Å². The Morgan fingerprint density at radius 3 is 2.56 bits per heavy atom. The molecule has 2 aromatic rings. The van der Waals surface area contributed by atoms with Gasteiger partial charge >= 0.3 is 0 Å². The summed E-state index contributed by atoms with van der Waals surface area (Å²) in [5.74, 6) is 1.88. The minimum Gasteiger partial charge on any atom is -0.494 e. The van der Waals surface area contributed by atoms with Gasteiger partial charge in [0.25, 0.3) is 0 Å². The number of hydrogen-bond donors (Lipinski definition) is 0. The van der Waals surface area contributed by atoms with Crippen LogP contribution in [0.4, 0.5) is 0 Å². The van der Waals surface area contributed by atoms with Gasteiger partial charge in [-0.05, 0) is 72.2 Å². The van der Waals surface area contributed by atoms with Gasteiger partial charge < -0.3 is 4.74 Å². The van der Waals surface area contributed by atoms with Crippen molar-refractivity contribution in [2.24, 2.45) is 5.92 Å². The molecule has 1 aliphatic rings. The molecular weight excluding hydrogens is 304 g/mol. The lowest BCUT2D eigenvalue weighted by molar-refractivity contribution is 0.341. The van der Waals surface area contributed by atoms with Crippen molar-refractivity contribution >= 4 is 16.3 Å². The van der Waals surface area contributed by atoms with E-state index in [4.69, 9.17) is 4.74 Å². The molecule has 25 heavy (non-hydrogen) atoms. The Labute approximate surface area is 153 Å². The van der Waals surface area contributed by atoms with Gasteiger partial charge in [-0.2, -0.15) is 0 Å². The monoisotopic (exact) mass is 336 g/mol. The molecule has 0 saturated carbocycles. The maximum absolute atomic E-state index is 5.61. The number of fused-ring (bicyclic) bond motifs is 1. The minimum absolute atomic E-state index is 0.718. The van der Waals surface area contributed by atoms with Crippen LogP contribution in [-0.2, 0) is 0 Å². The van der Waals surface area contributed by atoms with Crippen molar-refractivity contribution < 1.29 is 4.74 Å². The highest BCUT2D eigenvalue weighted by molar-refractivity contribution is 5.87. The summed E-state index contributed by atoms with van der Waals surface area (Å²) in [6.07, 6.45) is 13.4. The standard InChI is InChI=1S/C24H32O/c1-3-5-6-7-8-19-9-11-20(12-10-19)21-13-14-23-18-24(25-4-2)16-15-22(23)17-21/h11,13-19H,3-10,12H2,1-2H3. The van der Waals surface area contributed by atoms with Crippen molar-refractivity contribution in [1.82, 2.24) is 0 Å². The van der Waals surface area contributed by atoms with Gasteiger partial charge in [-0.3, -0.25) is 0 Å². The van der Waals surface area contributed by atoms with E-state index in [1.54, 1.807) is 5.57 Å². The van der Waals surface area contributed by atoms with Crippen LogP contribution in [0.15, 0.2) is 42.5 Å². The molecule has 0 spiro atoms. The fourth-order valence-corrected chi connectivity index (χ4v) is 3.95. The second-order valence-electron chi connectivity index (χ2n) is 7.38. The third-order valence-electron chi connectivity index (χ3n) is 5.48. The van der Waals surface area contributed by atoms with Crippen LogP contribution in [0, 0.1) is 5.92 Å². The van der Waals surface area contributed by atoms with Crippen LogP contribution in [0.3, 0.4) is 0 Å². The Hall–Kier alpha value is -1.76. The van der Waals surface area contributed by atoms with Crippen molar-refractivity contribution in [2.45, 2.75) is 65.2 Å². The fraction of sp³-hybridized carbons (Fsp3) is 0.500. The predicted octanol–water partition coefficient (Wildman–Crippen LogP) is 7.39. The minimum atomic E-state index is 0.718. The van der Waals surface area contributed by atoms with Gasteiger partial charge in [0.1, 0.15) is 5.75 Å². The zero-order valence-corrected chi connectivity index (χ0v) is 15.9. The van der Waals surface area contributed by atoms with Gasteiger partial charge in [0.2, 0.25) is 0 Å². The first-order valence-corrected chi connectivity index (χ1v) is 10.2. The average Bonchev–Trinajstić information content (AvgIpc) is 2.66. The first-order chi connectivity index (χ1) is 12.3. The molecule has 1 atom stereocenters. The van der Waals surface area contributed by atoms with Crippen molar-refractivity contribution in [1.29, 1.82) is 0 Å². The summed E-state index contributed by atoms with van der Waals surface area (Å²) >= 11 is 0. The topological polar surface area (TPSA) is 9.23 Å². The quantitative estimate of drug-likeness (QED) is 0.456. The molecule has 0 fully saturated rings. The lowest BCUT2D eigenvalue weighted by atomic mass is 9.83. The van der Waals surface area contributed by atoms with E-state index < -0.39 is 0 Å². The van der Waals surface area contributed by atoms with Gasteiger partial charge in [-0.15, -0.1) is 0 Å². The van der Waals surface area contributed by atoms with Gasteiger partial charge in [-0.25, -0.2) is 0 Å². The molecule has 2 aromatic carbocycles. The molecule has 1 aliphatic carbocycles. The molecule has 0 bridgehead atoms. The molecule has 0 aromatic heterocycles. The van der Waals surface area contributed by atoms with E-state index >= 15 is 0 Å². The van der Waals surface area contributed by atoms with Crippen LogP contribution in [0.25, 0.3) is 16.3 Å². The lowest BCUT2D eigenvalue weighted by Crippen LogP contribution is -2.05. The maximum atomic E-state index is 5.61. The summed E-state index contributed by atoms with van der Waals surface area (Å²) in [6.45, 7) is 5.03. The molecule has 0 amide bonds. The lowest BCUT2D eigenvalue weighted by Gasteiger charge is -2.22. The number of unbranched alkanes of at least 4 members (excludes halogenated alkanes) is 3. The second kappa shape index (κ2) is 9.08. The Morgan fingerprint density at radius 2 is 1.80 bits per heavy atom. The first kappa shape index (κ1) is 18.0. The van der Waals surface area contributed by atoms with Crippen LogP contribution in [-0.4, -0.2) is 6.61 Å². The SMILES string of the molecule is CCCCCCC1CC=C(c2ccc3cc(OCC)ccc3c2)CC1. The normalized spacial score (nSPS) is 17.5. The van der Waals surface area contributed by atoms with Gasteiger partial charge in [0, 0.05) is 0 Å². The van der Waals surface area contributed by atoms with Crippen LogP contribution in [0.5, 0.6) is 5.75 Å². The molecule has 134 valence electrons. The summed E-state index contributed by atoms with van der Waals surface area (Å²) in [5, 5.41) is 2.57. The molecule has 0 saturated heterocycles. The smallest absolute Gasteiger partial charge is 0.119 e. The van der Waals surface area contributed by atoms with E-state index in [2.05, 4.69) is 49.4 Å². The average molecular weight is 337 g/mol. The summed E-state index contributed by atoms with van der Waals surface area (Å²) in [6, 6.07) is 13.3. The zero-order valence-electron chi connectivity index (χ0n) is 15.9. The van der Waals surface area contributed by atoms with Crippen molar-refractivity contribution in [2.75, 3.05) is 6.61 Å². The summed E-state index contributed by atoms with van der Waals surface area (Å²) < 4.78 is 5.61. The molecular formula is C24H32O. The van der Waals surface area contributed by atoms with E-state index in [-0.39, 0.29) is 0 Å². The number of hydrogen-bond acceptors (Lipinski definition) is 1. The van der Waals surface area contributed by atoms with E-state index in [9.17, 15) is 0 Å². The molecule has 0 heterocycles. The van der Waals surface area contributed by atoms with E-state index in [0.29, 0.717) is 0 Å². The van der Waals surface area contributed by atoms with Crippen molar-refractivity contribution in [3.63, 3.8) is 0 Å². The molecule has 0 aliphatic heterocycles. The highest BCUT2D eigenvalue weighted by Crippen LogP contribution is 2.34. The molecule has 0 N–H and O–H groups in total. The third kappa shape index (κ3) is 4.87.